The van der Waals surface area contributed by atoms with Crippen LogP contribution in [0.1, 0.15) is 31.4 Å². The van der Waals surface area contributed by atoms with Gasteiger partial charge in [-0.3, -0.25) is 4.79 Å². The molecule has 0 aliphatic carbocycles. The highest BCUT2D eigenvalue weighted by Gasteiger charge is 2.07. The van der Waals surface area contributed by atoms with Gasteiger partial charge in [-0.25, -0.2) is 0 Å². The van der Waals surface area contributed by atoms with Crippen molar-refractivity contribution in [3.8, 4) is 0 Å². The van der Waals surface area contributed by atoms with Crippen molar-refractivity contribution in [2.45, 2.75) is 25.8 Å². The second-order valence-corrected chi connectivity index (χ2v) is 3.00. The quantitative estimate of drug-likeness (QED) is 0.684. The first-order valence-corrected chi connectivity index (χ1v) is 4.56. The molecule has 0 aliphatic rings. The molecule has 0 aliphatic heterocycles. The van der Waals surface area contributed by atoms with E-state index in [4.69, 9.17) is 0 Å². The van der Waals surface area contributed by atoms with Gasteiger partial charge < -0.3 is 5.32 Å². The lowest BCUT2D eigenvalue weighted by molar-refractivity contribution is 0.507. The number of amides is 1. The van der Waals surface area contributed by atoms with E-state index in [1.807, 2.05) is 30.3 Å². The zero-order chi connectivity index (χ0) is 9.52. The lowest BCUT2D eigenvalue weighted by atomic mass is 10.0. The summed E-state index contributed by atoms with van der Waals surface area (Å²) in [5.41, 5.74) is 1.15. The van der Waals surface area contributed by atoms with Crippen molar-refractivity contribution < 1.29 is 4.79 Å². The summed E-state index contributed by atoms with van der Waals surface area (Å²) in [7, 11) is 0. The number of rotatable bonds is 5. The van der Waals surface area contributed by atoms with Crippen LogP contribution in [0, 0.1) is 0 Å². The van der Waals surface area contributed by atoms with Gasteiger partial charge in [-0.05, 0) is 12.0 Å². The van der Waals surface area contributed by atoms with Crippen LogP contribution >= 0.6 is 0 Å². The molecule has 0 saturated heterocycles. The normalized spacial score (nSPS) is 12.1. The van der Waals surface area contributed by atoms with Crippen LogP contribution in [0.3, 0.4) is 0 Å². The van der Waals surface area contributed by atoms with Crippen molar-refractivity contribution in [3.63, 3.8) is 0 Å². The number of benzene rings is 1. The van der Waals surface area contributed by atoms with Crippen molar-refractivity contribution in [2.75, 3.05) is 0 Å². The predicted octanol–water partition coefficient (Wildman–Crippen LogP) is 2.18. The smallest absolute Gasteiger partial charge is 0.309 e. The third kappa shape index (κ3) is 2.90. The fourth-order valence-corrected chi connectivity index (χ4v) is 1.37. The highest BCUT2D eigenvalue weighted by molar-refractivity contribution is 5.48. The van der Waals surface area contributed by atoms with Gasteiger partial charge >= 0.3 is 6.41 Å². The summed E-state index contributed by atoms with van der Waals surface area (Å²) in [5.74, 6) is 0. The van der Waals surface area contributed by atoms with E-state index < -0.39 is 0 Å². The molecule has 13 heavy (non-hydrogen) atoms. The second kappa shape index (κ2) is 5.36. The Hall–Kier alpha value is -1.31. The lowest BCUT2D eigenvalue weighted by Gasteiger charge is -2.14. The minimum Gasteiger partial charge on any atom is -0.341 e. The number of carbonyl (C=O) groups excluding carboxylic acids is 1. The van der Waals surface area contributed by atoms with Gasteiger partial charge in [0.2, 0.25) is 0 Å². The Kier molecular flexibility index (Phi) is 4.03. The van der Waals surface area contributed by atoms with E-state index in [0.717, 1.165) is 18.4 Å². The zero-order valence-corrected chi connectivity index (χ0v) is 7.79. The molecule has 0 bridgehead atoms. The fraction of sp³-hybridized carbons (Fsp3) is 0.364. The van der Waals surface area contributed by atoms with Gasteiger partial charge in [0.1, 0.15) is 0 Å². The Morgan fingerprint density at radius 1 is 1.38 bits per heavy atom. The summed E-state index contributed by atoms with van der Waals surface area (Å²) in [4.78, 5) is 10.2. The lowest BCUT2D eigenvalue weighted by Crippen LogP contribution is -2.18. The van der Waals surface area contributed by atoms with Crippen molar-refractivity contribution in [3.05, 3.63) is 35.9 Å². The highest BCUT2D eigenvalue weighted by atomic mass is 16.1. The Balaban J connectivity index is 2.69. The maximum atomic E-state index is 10.2. The minimum absolute atomic E-state index is 0.115. The monoisotopic (exact) mass is 176 g/mol. The maximum absolute atomic E-state index is 10.2. The molecule has 1 aromatic rings. The van der Waals surface area contributed by atoms with Crippen LogP contribution < -0.4 is 5.32 Å². The van der Waals surface area contributed by atoms with E-state index in [9.17, 15) is 4.79 Å². The summed E-state index contributed by atoms with van der Waals surface area (Å²) < 4.78 is 0. The third-order valence-corrected chi connectivity index (χ3v) is 2.01. The van der Waals surface area contributed by atoms with Crippen molar-refractivity contribution in [2.24, 2.45) is 0 Å². The first kappa shape index (κ1) is 9.78. The van der Waals surface area contributed by atoms with Gasteiger partial charge in [-0.2, -0.15) is 0 Å². The summed E-state index contributed by atoms with van der Waals surface area (Å²) in [6, 6.07) is 10.1. The molecule has 0 fully saturated rings. The van der Waals surface area contributed by atoms with Crippen molar-refractivity contribution in [1.82, 2.24) is 5.32 Å². The average Bonchev–Trinajstić information content (AvgIpc) is 2.19. The SMILES string of the molecule is CCCC(N[C]=O)c1ccccc1. The van der Waals surface area contributed by atoms with Gasteiger partial charge in [-0.15, -0.1) is 0 Å². The molecule has 0 heterocycles. The Labute approximate surface area is 79.0 Å². The molecule has 1 atom stereocenters. The van der Waals surface area contributed by atoms with E-state index in [1.54, 1.807) is 6.41 Å². The van der Waals surface area contributed by atoms with E-state index in [-0.39, 0.29) is 6.04 Å². The molecule has 0 saturated carbocycles. The summed E-state index contributed by atoms with van der Waals surface area (Å²) in [6.45, 7) is 2.10. The van der Waals surface area contributed by atoms with E-state index in [1.165, 1.54) is 0 Å². The first-order chi connectivity index (χ1) is 6.38. The van der Waals surface area contributed by atoms with Gasteiger partial charge in [-0.1, -0.05) is 43.7 Å². The summed E-state index contributed by atoms with van der Waals surface area (Å²) >= 11 is 0. The van der Waals surface area contributed by atoms with Gasteiger partial charge in [0.15, 0.2) is 0 Å². The van der Waals surface area contributed by atoms with Crippen LogP contribution in [0.2, 0.25) is 0 Å². The maximum Gasteiger partial charge on any atom is 0.309 e. The highest BCUT2D eigenvalue weighted by Crippen LogP contribution is 2.16. The molecule has 0 spiro atoms. The topological polar surface area (TPSA) is 29.1 Å². The van der Waals surface area contributed by atoms with E-state index in [0.29, 0.717) is 0 Å². The van der Waals surface area contributed by atoms with Crippen LogP contribution in [-0.2, 0) is 4.79 Å². The van der Waals surface area contributed by atoms with Crippen LogP contribution in [0.15, 0.2) is 30.3 Å². The molecule has 2 nitrogen and oxygen atoms in total. The molecule has 0 aromatic heterocycles. The molecule has 1 radical (unpaired) electrons. The van der Waals surface area contributed by atoms with Crippen LogP contribution in [0.4, 0.5) is 0 Å². The van der Waals surface area contributed by atoms with Crippen molar-refractivity contribution >= 4 is 6.41 Å². The number of hydrogen-bond donors (Lipinski definition) is 1. The van der Waals surface area contributed by atoms with Crippen LogP contribution in [-0.4, -0.2) is 6.41 Å². The fourth-order valence-electron chi connectivity index (χ4n) is 1.37. The summed E-state index contributed by atoms with van der Waals surface area (Å²) in [5, 5.41) is 2.69. The van der Waals surface area contributed by atoms with E-state index in [2.05, 4.69) is 12.2 Å². The molecule has 1 amide bonds. The standard InChI is InChI=1S/C11H14NO/c1-2-6-11(12-9-13)10-7-4-3-5-8-10/h3-5,7-8,11H,2,6H2,1H3,(H,12,13). The number of nitrogens with one attached hydrogen (secondary N) is 1. The van der Waals surface area contributed by atoms with Crippen molar-refractivity contribution in [1.29, 1.82) is 0 Å². The van der Waals surface area contributed by atoms with Crippen LogP contribution in [0.5, 0.6) is 0 Å². The van der Waals surface area contributed by atoms with E-state index >= 15 is 0 Å². The minimum atomic E-state index is 0.115. The van der Waals surface area contributed by atoms with Crippen LogP contribution in [0.25, 0.3) is 0 Å². The molecule has 1 N–H and O–H groups in total. The molecule has 1 aromatic carbocycles. The zero-order valence-electron chi connectivity index (χ0n) is 7.79. The largest absolute Gasteiger partial charge is 0.341 e. The Morgan fingerprint density at radius 2 is 2.08 bits per heavy atom. The molecule has 1 rings (SSSR count). The molecular weight excluding hydrogens is 162 g/mol. The number of hydrogen-bond acceptors (Lipinski definition) is 1. The average molecular weight is 176 g/mol. The first-order valence-electron chi connectivity index (χ1n) is 4.56. The van der Waals surface area contributed by atoms with Gasteiger partial charge in [0.05, 0.1) is 6.04 Å². The second-order valence-electron chi connectivity index (χ2n) is 3.00. The van der Waals surface area contributed by atoms with Gasteiger partial charge in [0, 0.05) is 0 Å². The Bertz CT molecular complexity index is 246. The summed E-state index contributed by atoms with van der Waals surface area (Å²) in [6.07, 6.45) is 3.76. The Morgan fingerprint density at radius 3 is 2.62 bits per heavy atom. The molecule has 2 heteroatoms. The van der Waals surface area contributed by atoms with Gasteiger partial charge in [0.25, 0.3) is 0 Å². The molecular formula is C11H14NO. The molecule has 1 unspecified atom stereocenters. The molecule has 69 valence electrons. The predicted molar refractivity (Wildman–Crippen MR) is 52.9 cm³/mol. The third-order valence-electron chi connectivity index (χ3n) is 2.01.